The number of carboxylic acids is 1. The van der Waals surface area contributed by atoms with E-state index in [9.17, 15) is 19.5 Å². The Morgan fingerprint density at radius 1 is 0.886 bits per heavy atom. The van der Waals surface area contributed by atoms with Crippen molar-refractivity contribution in [3.8, 4) is 11.1 Å². The normalized spacial score (nSPS) is 22.2. The number of benzene rings is 2. The molecule has 0 bridgehead atoms. The number of carbonyl (C=O) groups is 3. The second kappa shape index (κ2) is 10.1. The highest BCUT2D eigenvalue weighted by atomic mass is 16.5. The van der Waals surface area contributed by atoms with Crippen LogP contribution >= 0.6 is 0 Å². The van der Waals surface area contributed by atoms with Crippen LogP contribution in [-0.4, -0.2) is 53.7 Å². The maximum atomic E-state index is 13.2. The van der Waals surface area contributed by atoms with E-state index in [1.807, 2.05) is 24.3 Å². The summed E-state index contributed by atoms with van der Waals surface area (Å²) >= 11 is 0. The molecule has 7 heteroatoms. The number of nitrogens with one attached hydrogen (secondary N) is 1. The molecule has 2 amide bonds. The number of carbonyl (C=O) groups excluding carboxylic acids is 2. The zero-order valence-corrected chi connectivity index (χ0v) is 19.8. The van der Waals surface area contributed by atoms with Crippen molar-refractivity contribution in [1.82, 2.24) is 10.2 Å². The van der Waals surface area contributed by atoms with Crippen LogP contribution in [-0.2, 0) is 14.3 Å². The highest BCUT2D eigenvalue weighted by Crippen LogP contribution is 2.44. The smallest absolute Gasteiger partial charge is 0.407 e. The Morgan fingerprint density at radius 3 is 2.11 bits per heavy atom. The Kier molecular flexibility index (Phi) is 6.75. The fourth-order valence-corrected chi connectivity index (χ4v) is 5.97. The lowest BCUT2D eigenvalue weighted by atomic mass is 9.83. The average molecular weight is 477 g/mol. The summed E-state index contributed by atoms with van der Waals surface area (Å²) in [7, 11) is 0. The molecule has 7 nitrogen and oxygen atoms in total. The molecule has 1 aliphatic heterocycles. The SMILES string of the molecule is O=C(NC1CCCCC1C(=O)N1CCC(C(=O)O)CC1)OCC1c2ccccc2-c2ccccc21. The highest BCUT2D eigenvalue weighted by Gasteiger charge is 2.37. The zero-order valence-electron chi connectivity index (χ0n) is 19.8. The van der Waals surface area contributed by atoms with Crippen LogP contribution in [0.2, 0.25) is 0 Å². The van der Waals surface area contributed by atoms with Gasteiger partial charge in [0.1, 0.15) is 6.61 Å². The van der Waals surface area contributed by atoms with E-state index in [2.05, 4.69) is 29.6 Å². The van der Waals surface area contributed by atoms with E-state index in [1.165, 1.54) is 11.1 Å². The lowest BCUT2D eigenvalue weighted by Gasteiger charge is -2.37. The summed E-state index contributed by atoms with van der Waals surface area (Å²) < 4.78 is 5.72. The molecule has 1 saturated carbocycles. The summed E-state index contributed by atoms with van der Waals surface area (Å²) in [5.41, 5.74) is 4.69. The first kappa shape index (κ1) is 23.4. The van der Waals surface area contributed by atoms with E-state index in [1.54, 1.807) is 4.90 Å². The molecule has 0 aromatic heterocycles. The summed E-state index contributed by atoms with van der Waals surface area (Å²) in [6.45, 7) is 1.17. The minimum absolute atomic E-state index is 0.00698. The molecule has 3 aliphatic rings. The molecule has 2 aromatic rings. The van der Waals surface area contributed by atoms with Gasteiger partial charge < -0.3 is 20.1 Å². The molecule has 1 saturated heterocycles. The highest BCUT2D eigenvalue weighted by molar-refractivity contribution is 5.81. The molecule has 2 fully saturated rings. The quantitative estimate of drug-likeness (QED) is 0.667. The van der Waals surface area contributed by atoms with Gasteiger partial charge in [0.05, 0.1) is 11.8 Å². The lowest BCUT2D eigenvalue weighted by Crippen LogP contribution is -2.51. The van der Waals surface area contributed by atoms with Gasteiger partial charge in [-0.05, 0) is 47.9 Å². The van der Waals surface area contributed by atoms with Crippen molar-refractivity contribution < 1.29 is 24.2 Å². The van der Waals surface area contributed by atoms with Crippen molar-refractivity contribution in [2.24, 2.45) is 11.8 Å². The molecule has 0 radical (unpaired) electrons. The summed E-state index contributed by atoms with van der Waals surface area (Å²) in [5.74, 6) is -1.43. The number of hydrogen-bond acceptors (Lipinski definition) is 4. The van der Waals surface area contributed by atoms with Crippen molar-refractivity contribution in [3.05, 3.63) is 59.7 Å². The van der Waals surface area contributed by atoms with Crippen LogP contribution < -0.4 is 5.32 Å². The minimum atomic E-state index is -0.787. The second-order valence-corrected chi connectivity index (χ2v) is 9.91. The monoisotopic (exact) mass is 476 g/mol. The predicted octanol–water partition coefficient (Wildman–Crippen LogP) is 4.41. The predicted molar refractivity (Wildman–Crippen MR) is 131 cm³/mol. The molecule has 2 aliphatic carbocycles. The molecule has 184 valence electrons. The van der Waals surface area contributed by atoms with E-state index in [0.717, 1.165) is 36.8 Å². The Labute approximate surface area is 205 Å². The standard InChI is InChI=1S/C28H32N2O5/c31-26(30-15-13-18(14-16-30)27(32)33)23-11-5-6-12-25(23)29-28(34)35-17-24-21-9-3-1-7-19(21)20-8-2-4-10-22(20)24/h1-4,7-10,18,23-25H,5-6,11-17H2,(H,29,34)(H,32,33). The number of aliphatic carboxylic acids is 1. The number of rotatable bonds is 5. The van der Waals surface area contributed by atoms with Gasteiger partial charge in [-0.2, -0.15) is 0 Å². The number of ether oxygens (including phenoxy) is 1. The fraction of sp³-hybridized carbons (Fsp3) is 0.464. The van der Waals surface area contributed by atoms with Crippen molar-refractivity contribution >= 4 is 18.0 Å². The third-order valence-corrected chi connectivity index (χ3v) is 7.89. The summed E-state index contributed by atoms with van der Waals surface area (Å²) in [6.07, 6.45) is 3.86. The molecular formula is C28H32N2O5. The Morgan fingerprint density at radius 2 is 1.49 bits per heavy atom. The average Bonchev–Trinajstić information content (AvgIpc) is 3.21. The van der Waals surface area contributed by atoms with Gasteiger partial charge in [0.2, 0.25) is 5.91 Å². The van der Waals surface area contributed by atoms with Gasteiger partial charge in [0, 0.05) is 25.0 Å². The molecule has 35 heavy (non-hydrogen) atoms. The van der Waals surface area contributed by atoms with Crippen LogP contribution in [0.4, 0.5) is 4.79 Å². The van der Waals surface area contributed by atoms with Crippen LogP contribution in [0.1, 0.15) is 55.6 Å². The van der Waals surface area contributed by atoms with Crippen LogP contribution in [0, 0.1) is 11.8 Å². The number of piperidine rings is 1. The van der Waals surface area contributed by atoms with Crippen molar-refractivity contribution in [3.63, 3.8) is 0 Å². The van der Waals surface area contributed by atoms with E-state index >= 15 is 0 Å². The van der Waals surface area contributed by atoms with Crippen molar-refractivity contribution in [1.29, 1.82) is 0 Å². The molecule has 0 spiro atoms. The van der Waals surface area contributed by atoms with Crippen LogP contribution in [0.15, 0.2) is 48.5 Å². The third-order valence-electron chi connectivity index (χ3n) is 7.89. The van der Waals surface area contributed by atoms with E-state index < -0.39 is 12.1 Å². The number of fused-ring (bicyclic) bond motifs is 3. The van der Waals surface area contributed by atoms with Gasteiger partial charge >= 0.3 is 12.1 Å². The van der Waals surface area contributed by atoms with Gasteiger partial charge in [0.25, 0.3) is 0 Å². The summed E-state index contributed by atoms with van der Waals surface area (Å²) in [4.78, 5) is 39.1. The molecule has 5 rings (SSSR count). The van der Waals surface area contributed by atoms with Crippen molar-refractivity contribution in [2.45, 2.75) is 50.5 Å². The van der Waals surface area contributed by atoms with Crippen molar-refractivity contribution in [2.75, 3.05) is 19.7 Å². The van der Waals surface area contributed by atoms with Crippen LogP contribution in [0.25, 0.3) is 11.1 Å². The van der Waals surface area contributed by atoms with Gasteiger partial charge in [-0.1, -0.05) is 61.4 Å². The summed E-state index contributed by atoms with van der Waals surface area (Å²) in [5, 5.41) is 12.2. The largest absolute Gasteiger partial charge is 0.481 e. The van der Waals surface area contributed by atoms with Gasteiger partial charge in [0.15, 0.2) is 0 Å². The number of likely N-dealkylation sites (tertiary alicyclic amines) is 1. The second-order valence-electron chi connectivity index (χ2n) is 9.91. The topological polar surface area (TPSA) is 95.9 Å². The number of amides is 2. The Balaban J connectivity index is 1.20. The first-order chi connectivity index (χ1) is 17.0. The molecular weight excluding hydrogens is 444 g/mol. The molecule has 2 N–H and O–H groups in total. The van der Waals surface area contributed by atoms with Gasteiger partial charge in [-0.15, -0.1) is 0 Å². The van der Waals surface area contributed by atoms with Gasteiger partial charge in [-0.25, -0.2) is 4.79 Å². The van der Waals surface area contributed by atoms with E-state index in [4.69, 9.17) is 4.74 Å². The van der Waals surface area contributed by atoms with Crippen LogP contribution in [0.3, 0.4) is 0 Å². The maximum Gasteiger partial charge on any atom is 0.407 e. The first-order valence-corrected chi connectivity index (χ1v) is 12.7. The number of nitrogens with zero attached hydrogens (tertiary/aromatic N) is 1. The summed E-state index contributed by atoms with van der Waals surface area (Å²) in [6, 6.07) is 16.2. The maximum absolute atomic E-state index is 13.2. The fourth-order valence-electron chi connectivity index (χ4n) is 5.97. The number of hydrogen-bond donors (Lipinski definition) is 2. The zero-order chi connectivity index (χ0) is 24.4. The molecule has 2 atom stereocenters. The number of carboxylic acid groups (broad SMARTS) is 1. The third kappa shape index (κ3) is 4.77. The van der Waals surface area contributed by atoms with Crippen LogP contribution in [0.5, 0.6) is 0 Å². The molecule has 2 unspecified atom stereocenters. The van der Waals surface area contributed by atoms with Gasteiger partial charge in [-0.3, -0.25) is 9.59 Å². The first-order valence-electron chi connectivity index (χ1n) is 12.7. The van der Waals surface area contributed by atoms with E-state index in [-0.39, 0.29) is 36.3 Å². The minimum Gasteiger partial charge on any atom is -0.481 e. The Hall–Kier alpha value is -3.35. The molecule has 1 heterocycles. The van der Waals surface area contributed by atoms with E-state index in [0.29, 0.717) is 25.9 Å². The number of alkyl carbamates (subject to hydrolysis) is 1. The molecule has 2 aromatic carbocycles. The lowest BCUT2D eigenvalue weighted by molar-refractivity contribution is -0.147. The Bertz CT molecular complexity index is 1060.